The van der Waals surface area contributed by atoms with Crippen molar-refractivity contribution in [3.8, 4) is 0 Å². The lowest BCUT2D eigenvalue weighted by atomic mass is 9.56. The van der Waals surface area contributed by atoms with Crippen LogP contribution in [0.5, 0.6) is 0 Å². The highest BCUT2D eigenvalue weighted by Gasteiger charge is 2.58. The zero-order chi connectivity index (χ0) is 8.06. The maximum absolute atomic E-state index is 3.62. The van der Waals surface area contributed by atoms with E-state index in [1.807, 2.05) is 0 Å². The molecule has 0 aromatic heterocycles. The van der Waals surface area contributed by atoms with Crippen LogP contribution in [-0.4, -0.2) is 12.6 Å². The lowest BCUT2D eigenvalue weighted by Gasteiger charge is -2.48. The summed E-state index contributed by atoms with van der Waals surface area (Å²) < 4.78 is 0. The largest absolute Gasteiger partial charge is 0.313 e. The highest BCUT2D eigenvalue weighted by molar-refractivity contribution is 5.12. The molecule has 1 heteroatoms. The monoisotopic (exact) mass is 153 g/mol. The van der Waals surface area contributed by atoms with E-state index in [4.69, 9.17) is 0 Å². The minimum Gasteiger partial charge on any atom is -0.313 e. The van der Waals surface area contributed by atoms with Gasteiger partial charge in [0.05, 0.1) is 0 Å². The van der Waals surface area contributed by atoms with Crippen LogP contribution in [0.25, 0.3) is 0 Å². The molecule has 2 bridgehead atoms. The van der Waals surface area contributed by atoms with Gasteiger partial charge >= 0.3 is 0 Å². The zero-order valence-corrected chi connectivity index (χ0v) is 7.85. The van der Waals surface area contributed by atoms with Gasteiger partial charge in [0.25, 0.3) is 0 Å². The Hall–Kier alpha value is -0.0400. The summed E-state index contributed by atoms with van der Waals surface area (Å²) in [6.07, 6.45) is 2.83. The Labute approximate surface area is 69.6 Å². The number of rotatable bonds is 2. The van der Waals surface area contributed by atoms with Crippen LogP contribution in [0.2, 0.25) is 0 Å². The summed E-state index contributed by atoms with van der Waals surface area (Å²) in [5.41, 5.74) is 0.707. The van der Waals surface area contributed by atoms with E-state index < -0.39 is 0 Å². The van der Waals surface area contributed by atoms with E-state index in [-0.39, 0.29) is 0 Å². The van der Waals surface area contributed by atoms with Gasteiger partial charge in [0.15, 0.2) is 0 Å². The van der Waals surface area contributed by atoms with E-state index in [9.17, 15) is 0 Å². The Morgan fingerprint density at radius 3 is 2.64 bits per heavy atom. The quantitative estimate of drug-likeness (QED) is 0.640. The van der Waals surface area contributed by atoms with Crippen LogP contribution >= 0.6 is 0 Å². The molecule has 3 fully saturated rings. The second kappa shape index (κ2) is 2.22. The second-order valence-corrected chi connectivity index (χ2v) is 4.68. The Morgan fingerprint density at radius 2 is 2.27 bits per heavy atom. The molecule has 3 rings (SSSR count). The molecule has 0 spiro atoms. The molecule has 0 radical (unpaired) electrons. The van der Waals surface area contributed by atoms with Crippen LogP contribution in [0.4, 0.5) is 0 Å². The molecule has 2 heterocycles. The lowest BCUT2D eigenvalue weighted by molar-refractivity contribution is 0.0356. The van der Waals surface area contributed by atoms with Crippen molar-refractivity contribution in [3.05, 3.63) is 0 Å². The van der Waals surface area contributed by atoms with Gasteiger partial charge in [0, 0.05) is 12.6 Å². The normalized spacial score (nSPS) is 48.0. The van der Waals surface area contributed by atoms with Gasteiger partial charge in [-0.15, -0.1) is 0 Å². The molecule has 2 saturated heterocycles. The van der Waals surface area contributed by atoms with Crippen molar-refractivity contribution in [1.82, 2.24) is 5.32 Å². The number of nitrogens with one attached hydrogen (secondary N) is 1. The number of hydrogen-bond donors (Lipinski definition) is 1. The molecule has 0 aromatic rings. The first-order valence-corrected chi connectivity index (χ1v) is 4.93. The summed E-state index contributed by atoms with van der Waals surface area (Å²) in [7, 11) is 0. The SMILES string of the molecule is CCC12CNC(C1)C2C(C)C. The maximum atomic E-state index is 3.62. The molecule has 0 amide bonds. The Bertz CT molecular complexity index is 160. The minimum absolute atomic E-state index is 0.707. The van der Waals surface area contributed by atoms with E-state index in [1.165, 1.54) is 19.4 Å². The topological polar surface area (TPSA) is 12.0 Å². The van der Waals surface area contributed by atoms with Crippen LogP contribution in [0, 0.1) is 17.3 Å². The van der Waals surface area contributed by atoms with Crippen molar-refractivity contribution < 1.29 is 0 Å². The summed E-state index contributed by atoms with van der Waals surface area (Å²) in [5.74, 6) is 1.86. The Kier molecular flexibility index (Phi) is 1.54. The standard InChI is InChI=1S/C10H19N/c1-4-10-5-8(11-6-10)9(10)7(2)3/h7-9,11H,4-6H2,1-3H3. The molecule has 11 heavy (non-hydrogen) atoms. The average Bonchev–Trinajstić information content (AvgIpc) is 2.40. The fraction of sp³-hybridized carbons (Fsp3) is 1.00. The molecule has 3 aliphatic rings. The molecule has 1 nitrogen and oxygen atoms in total. The first kappa shape index (κ1) is 7.60. The smallest absolute Gasteiger partial charge is 0.0110 e. The van der Waals surface area contributed by atoms with Gasteiger partial charge in [0.1, 0.15) is 0 Å². The van der Waals surface area contributed by atoms with Crippen molar-refractivity contribution in [2.75, 3.05) is 6.54 Å². The van der Waals surface area contributed by atoms with Gasteiger partial charge in [-0.3, -0.25) is 0 Å². The molecule has 0 aromatic carbocycles. The van der Waals surface area contributed by atoms with E-state index in [2.05, 4.69) is 26.1 Å². The van der Waals surface area contributed by atoms with Crippen LogP contribution in [-0.2, 0) is 0 Å². The first-order valence-electron chi connectivity index (χ1n) is 4.93. The average molecular weight is 153 g/mol. The second-order valence-electron chi connectivity index (χ2n) is 4.68. The summed E-state index contributed by atoms with van der Waals surface area (Å²) in [4.78, 5) is 0. The predicted molar refractivity (Wildman–Crippen MR) is 47.5 cm³/mol. The third kappa shape index (κ3) is 0.807. The van der Waals surface area contributed by atoms with Gasteiger partial charge in [-0.1, -0.05) is 20.8 Å². The fourth-order valence-corrected chi connectivity index (χ4v) is 3.37. The van der Waals surface area contributed by atoms with Gasteiger partial charge < -0.3 is 5.32 Å². The Balaban J connectivity index is 2.13. The fourth-order valence-electron chi connectivity index (χ4n) is 3.37. The molecule has 64 valence electrons. The molecule has 2 aliphatic heterocycles. The lowest BCUT2D eigenvalue weighted by Crippen LogP contribution is -2.48. The van der Waals surface area contributed by atoms with Crippen molar-refractivity contribution in [3.63, 3.8) is 0 Å². The zero-order valence-electron chi connectivity index (χ0n) is 7.85. The molecule has 1 aliphatic carbocycles. The van der Waals surface area contributed by atoms with Crippen LogP contribution in [0.15, 0.2) is 0 Å². The van der Waals surface area contributed by atoms with Crippen LogP contribution in [0.1, 0.15) is 33.6 Å². The molecule has 3 atom stereocenters. The van der Waals surface area contributed by atoms with E-state index >= 15 is 0 Å². The van der Waals surface area contributed by atoms with Crippen LogP contribution in [0.3, 0.4) is 0 Å². The summed E-state index contributed by atoms with van der Waals surface area (Å²) in [6.45, 7) is 8.37. The van der Waals surface area contributed by atoms with Gasteiger partial charge in [-0.05, 0) is 30.1 Å². The summed E-state index contributed by atoms with van der Waals surface area (Å²) >= 11 is 0. The van der Waals surface area contributed by atoms with Gasteiger partial charge in [-0.2, -0.15) is 0 Å². The minimum atomic E-state index is 0.707. The van der Waals surface area contributed by atoms with Crippen LogP contribution < -0.4 is 5.32 Å². The summed E-state index contributed by atoms with van der Waals surface area (Å²) in [6, 6.07) is 0.870. The predicted octanol–water partition coefficient (Wildman–Crippen LogP) is 2.03. The van der Waals surface area contributed by atoms with Crippen molar-refractivity contribution in [2.24, 2.45) is 17.3 Å². The first-order chi connectivity index (χ1) is 5.19. The summed E-state index contributed by atoms with van der Waals surface area (Å²) in [5, 5.41) is 3.62. The third-order valence-corrected chi connectivity index (χ3v) is 3.91. The third-order valence-electron chi connectivity index (χ3n) is 3.91. The molecular weight excluding hydrogens is 134 g/mol. The van der Waals surface area contributed by atoms with Gasteiger partial charge in [0.2, 0.25) is 0 Å². The number of hydrogen-bond acceptors (Lipinski definition) is 1. The van der Waals surface area contributed by atoms with Crippen molar-refractivity contribution in [2.45, 2.75) is 39.7 Å². The highest BCUT2D eigenvalue weighted by atomic mass is 15.1. The number of fused-ring (bicyclic) bond motifs is 1. The molecule has 3 unspecified atom stereocenters. The van der Waals surface area contributed by atoms with Crippen molar-refractivity contribution >= 4 is 0 Å². The Morgan fingerprint density at radius 1 is 1.55 bits per heavy atom. The highest BCUT2D eigenvalue weighted by Crippen LogP contribution is 2.56. The maximum Gasteiger partial charge on any atom is 0.0110 e. The van der Waals surface area contributed by atoms with Gasteiger partial charge in [-0.25, -0.2) is 0 Å². The van der Waals surface area contributed by atoms with Crippen molar-refractivity contribution in [1.29, 1.82) is 0 Å². The molecule has 1 N–H and O–H groups in total. The van der Waals surface area contributed by atoms with E-state index in [0.29, 0.717) is 5.41 Å². The molecular formula is C10H19N. The molecule has 1 saturated carbocycles. The van der Waals surface area contributed by atoms with E-state index in [0.717, 1.165) is 17.9 Å². The van der Waals surface area contributed by atoms with E-state index in [1.54, 1.807) is 0 Å².